The number of nitrogens with one attached hydrogen (secondary N) is 1. The molecule has 6 nitrogen and oxygen atoms in total. The first kappa shape index (κ1) is 25.2. The van der Waals surface area contributed by atoms with Crippen LogP contribution in [0.15, 0.2) is 48.5 Å². The second-order valence-corrected chi connectivity index (χ2v) is 6.90. The minimum absolute atomic E-state index is 0. The van der Waals surface area contributed by atoms with Crippen molar-refractivity contribution in [2.45, 2.75) is 6.54 Å². The normalized spacial score (nSPS) is 14.4. The third-order valence-electron chi connectivity index (χ3n) is 4.69. The fourth-order valence-electron chi connectivity index (χ4n) is 3.09. The molecule has 0 bridgehead atoms. The number of amides is 1. The number of anilines is 1. The molecular weight excluding hydrogens is 411 g/mol. The lowest BCUT2D eigenvalue weighted by Gasteiger charge is -2.32. The van der Waals surface area contributed by atoms with Crippen LogP contribution >= 0.6 is 24.8 Å². The number of nitrogens with zero attached hydrogens (tertiary/aromatic N) is 2. The molecule has 0 radical (unpaired) electrons. The number of carbonyl (C=O) groups excluding carboxylic acids is 1. The van der Waals surface area contributed by atoms with E-state index in [4.69, 9.17) is 10.5 Å². The summed E-state index contributed by atoms with van der Waals surface area (Å²) >= 11 is 0. The van der Waals surface area contributed by atoms with Crippen LogP contribution in [0.5, 0.6) is 5.75 Å². The summed E-state index contributed by atoms with van der Waals surface area (Å²) in [6.45, 7) is 6.13. The van der Waals surface area contributed by atoms with Gasteiger partial charge in [0.1, 0.15) is 12.4 Å². The summed E-state index contributed by atoms with van der Waals surface area (Å²) in [7, 11) is 2.15. The van der Waals surface area contributed by atoms with Gasteiger partial charge in [0.15, 0.2) is 0 Å². The highest BCUT2D eigenvalue weighted by Gasteiger charge is 2.14. The molecule has 8 heteroatoms. The van der Waals surface area contributed by atoms with Crippen LogP contribution in [0.2, 0.25) is 0 Å². The quantitative estimate of drug-likeness (QED) is 0.692. The van der Waals surface area contributed by atoms with Gasteiger partial charge in [-0.25, -0.2) is 0 Å². The van der Waals surface area contributed by atoms with Crippen molar-refractivity contribution in [3.63, 3.8) is 0 Å². The van der Waals surface area contributed by atoms with E-state index in [-0.39, 0.29) is 30.7 Å². The highest BCUT2D eigenvalue weighted by Crippen LogP contribution is 2.17. The molecule has 2 aromatic carbocycles. The van der Waals surface area contributed by atoms with Crippen LogP contribution in [0.25, 0.3) is 0 Å². The van der Waals surface area contributed by atoms with E-state index >= 15 is 0 Å². The zero-order valence-electron chi connectivity index (χ0n) is 16.7. The van der Waals surface area contributed by atoms with E-state index in [9.17, 15) is 4.79 Å². The molecule has 3 N–H and O–H groups in total. The van der Waals surface area contributed by atoms with E-state index in [0.29, 0.717) is 18.7 Å². The zero-order chi connectivity index (χ0) is 19.1. The smallest absolute Gasteiger partial charge is 0.255 e. The Balaban J connectivity index is 0.00000210. The van der Waals surface area contributed by atoms with Gasteiger partial charge in [0, 0.05) is 50.5 Å². The molecule has 0 aromatic heterocycles. The second kappa shape index (κ2) is 12.7. The van der Waals surface area contributed by atoms with Crippen molar-refractivity contribution in [1.29, 1.82) is 0 Å². The summed E-state index contributed by atoms with van der Waals surface area (Å²) in [6, 6.07) is 15.2. The number of benzene rings is 2. The number of likely N-dealkylation sites (N-methyl/N-ethyl adjacent to an activating group) is 1. The number of hydrogen-bond donors (Lipinski definition) is 2. The molecule has 0 unspecified atom stereocenters. The summed E-state index contributed by atoms with van der Waals surface area (Å²) < 4.78 is 5.45. The maximum absolute atomic E-state index is 12.6. The number of carbonyl (C=O) groups is 1. The molecule has 160 valence electrons. The minimum Gasteiger partial charge on any atom is -0.492 e. The Hall–Kier alpha value is -1.83. The molecule has 2 aromatic rings. The van der Waals surface area contributed by atoms with Crippen molar-refractivity contribution in [3.8, 4) is 5.75 Å². The number of piperazine rings is 1. The van der Waals surface area contributed by atoms with Crippen LogP contribution < -0.4 is 15.8 Å². The average molecular weight is 441 g/mol. The molecule has 0 saturated carbocycles. The highest BCUT2D eigenvalue weighted by atomic mass is 35.5. The largest absolute Gasteiger partial charge is 0.492 e. The monoisotopic (exact) mass is 440 g/mol. The van der Waals surface area contributed by atoms with Crippen LogP contribution in [-0.2, 0) is 6.54 Å². The third-order valence-corrected chi connectivity index (χ3v) is 4.69. The molecular formula is C21H30Cl2N4O2. The number of hydrogen-bond acceptors (Lipinski definition) is 5. The van der Waals surface area contributed by atoms with E-state index in [1.54, 1.807) is 0 Å². The predicted octanol–water partition coefficient (Wildman–Crippen LogP) is 2.87. The van der Waals surface area contributed by atoms with Gasteiger partial charge in [0.05, 0.1) is 0 Å². The number of halogens is 2. The Labute approximate surface area is 185 Å². The first-order valence-electron chi connectivity index (χ1n) is 9.38. The molecule has 0 spiro atoms. The molecule has 29 heavy (non-hydrogen) atoms. The summed E-state index contributed by atoms with van der Waals surface area (Å²) in [5.41, 5.74) is 8.00. The zero-order valence-corrected chi connectivity index (χ0v) is 18.3. The lowest BCUT2D eigenvalue weighted by Crippen LogP contribution is -2.43. The predicted molar refractivity (Wildman–Crippen MR) is 123 cm³/mol. The highest BCUT2D eigenvalue weighted by molar-refractivity contribution is 6.04. The lowest BCUT2D eigenvalue weighted by atomic mass is 10.1. The van der Waals surface area contributed by atoms with Gasteiger partial charge < -0.3 is 20.7 Å². The van der Waals surface area contributed by atoms with Crippen LogP contribution in [0.1, 0.15) is 15.9 Å². The van der Waals surface area contributed by atoms with E-state index in [0.717, 1.165) is 49.7 Å². The number of rotatable bonds is 7. The fourth-order valence-corrected chi connectivity index (χ4v) is 3.09. The second-order valence-electron chi connectivity index (χ2n) is 6.90. The van der Waals surface area contributed by atoms with Crippen molar-refractivity contribution < 1.29 is 9.53 Å². The first-order valence-corrected chi connectivity index (χ1v) is 9.38. The topological polar surface area (TPSA) is 70.8 Å². The van der Waals surface area contributed by atoms with Gasteiger partial charge >= 0.3 is 0 Å². The summed E-state index contributed by atoms with van der Waals surface area (Å²) in [4.78, 5) is 17.3. The molecule has 1 aliphatic rings. The van der Waals surface area contributed by atoms with Crippen LogP contribution in [0.3, 0.4) is 0 Å². The number of nitrogens with two attached hydrogens (primary N) is 1. The van der Waals surface area contributed by atoms with Crippen LogP contribution in [0, 0.1) is 0 Å². The Morgan fingerprint density at radius 1 is 1.07 bits per heavy atom. The van der Waals surface area contributed by atoms with E-state index in [2.05, 4.69) is 28.2 Å². The van der Waals surface area contributed by atoms with Gasteiger partial charge in [0.2, 0.25) is 0 Å². The molecule has 1 saturated heterocycles. The van der Waals surface area contributed by atoms with Crippen LogP contribution in [0.4, 0.5) is 5.69 Å². The number of ether oxygens (including phenoxy) is 1. The standard InChI is InChI=1S/C21H28N4O2.2ClH/c1-24-10-12-25(13-11-24)16-17-3-2-4-18(15-17)21(26)23-19-5-7-20(8-6-19)27-14-9-22;;/h2-8,15H,9-14,16,22H2,1H3,(H,23,26);2*1H. The summed E-state index contributed by atoms with van der Waals surface area (Å²) in [6.07, 6.45) is 0. The van der Waals surface area contributed by atoms with Crippen LogP contribution in [-0.4, -0.2) is 62.1 Å². The molecule has 0 aliphatic carbocycles. The average Bonchev–Trinajstić information content (AvgIpc) is 2.69. The Morgan fingerprint density at radius 2 is 1.76 bits per heavy atom. The Kier molecular flexibility index (Phi) is 11.0. The first-order chi connectivity index (χ1) is 13.1. The molecule has 0 atom stereocenters. The Morgan fingerprint density at radius 3 is 2.41 bits per heavy atom. The molecule has 1 amide bonds. The van der Waals surface area contributed by atoms with Gasteiger partial charge in [-0.2, -0.15) is 0 Å². The summed E-state index contributed by atoms with van der Waals surface area (Å²) in [5.74, 6) is 0.637. The van der Waals surface area contributed by atoms with Gasteiger partial charge in [-0.15, -0.1) is 24.8 Å². The van der Waals surface area contributed by atoms with E-state index < -0.39 is 0 Å². The molecule has 3 rings (SSSR count). The minimum atomic E-state index is -0.106. The van der Waals surface area contributed by atoms with Gasteiger partial charge in [-0.1, -0.05) is 12.1 Å². The fraction of sp³-hybridized carbons (Fsp3) is 0.381. The third kappa shape index (κ3) is 7.84. The maximum atomic E-state index is 12.6. The van der Waals surface area contributed by atoms with Gasteiger partial charge in [0.25, 0.3) is 5.91 Å². The maximum Gasteiger partial charge on any atom is 0.255 e. The SMILES string of the molecule is CN1CCN(Cc2cccc(C(=O)Nc3ccc(OCCN)cc3)c2)CC1.Cl.Cl. The molecule has 1 aliphatic heterocycles. The molecule has 1 fully saturated rings. The molecule has 1 heterocycles. The van der Waals surface area contributed by atoms with Crippen molar-refractivity contribution in [2.75, 3.05) is 51.7 Å². The van der Waals surface area contributed by atoms with E-state index in [1.165, 1.54) is 0 Å². The lowest BCUT2D eigenvalue weighted by molar-refractivity contribution is 0.102. The van der Waals surface area contributed by atoms with Crippen molar-refractivity contribution in [1.82, 2.24) is 9.80 Å². The van der Waals surface area contributed by atoms with Crippen molar-refractivity contribution in [2.24, 2.45) is 5.73 Å². The van der Waals surface area contributed by atoms with Gasteiger partial charge in [-0.3, -0.25) is 9.69 Å². The van der Waals surface area contributed by atoms with E-state index in [1.807, 2.05) is 42.5 Å². The summed E-state index contributed by atoms with van der Waals surface area (Å²) in [5, 5.41) is 2.94. The van der Waals surface area contributed by atoms with Gasteiger partial charge in [-0.05, 0) is 49.0 Å². The Bertz CT molecular complexity index is 751. The van der Waals surface area contributed by atoms with Crippen molar-refractivity contribution in [3.05, 3.63) is 59.7 Å². The van der Waals surface area contributed by atoms with Crippen molar-refractivity contribution >= 4 is 36.4 Å².